The lowest BCUT2D eigenvalue weighted by atomic mass is 9.73. The van der Waals surface area contributed by atoms with E-state index >= 15 is 0 Å². The molecule has 0 aromatic heterocycles. The Hall–Kier alpha value is -0.370. The van der Waals surface area contributed by atoms with Gasteiger partial charge in [-0.25, -0.2) is 0 Å². The van der Waals surface area contributed by atoms with Crippen LogP contribution in [-0.4, -0.2) is 17.9 Å². The largest absolute Gasteiger partial charge is 0.310 e. The van der Waals surface area contributed by atoms with Crippen LogP contribution < -0.4 is 5.32 Å². The van der Waals surface area contributed by atoms with Crippen LogP contribution in [-0.2, 0) is 4.79 Å². The third-order valence-electron chi connectivity index (χ3n) is 4.44. The number of rotatable bonds is 0. The number of Topliss-reactive ketones (excluding diaryl/α,β-unsaturated/α-hetero) is 1. The van der Waals surface area contributed by atoms with E-state index in [0.717, 1.165) is 12.8 Å². The van der Waals surface area contributed by atoms with Crippen LogP contribution in [0.3, 0.4) is 0 Å². The van der Waals surface area contributed by atoms with Crippen molar-refractivity contribution in [2.45, 2.75) is 57.0 Å². The Balaban J connectivity index is 1.82. The van der Waals surface area contributed by atoms with E-state index in [2.05, 4.69) is 5.32 Å². The van der Waals surface area contributed by atoms with Crippen LogP contribution >= 0.6 is 0 Å². The fourth-order valence-electron chi connectivity index (χ4n) is 3.72. The highest BCUT2D eigenvalue weighted by molar-refractivity contribution is 5.86. The molecular formula is C12H19NO. The second-order valence-corrected chi connectivity index (χ2v) is 5.21. The normalized spacial score (nSPS) is 47.3. The van der Waals surface area contributed by atoms with Gasteiger partial charge in [-0.1, -0.05) is 19.3 Å². The van der Waals surface area contributed by atoms with E-state index in [0.29, 0.717) is 29.7 Å². The topological polar surface area (TPSA) is 29.1 Å². The fraction of sp³-hybridized carbons (Fsp3) is 0.917. The van der Waals surface area contributed by atoms with Crippen molar-refractivity contribution >= 4 is 5.78 Å². The van der Waals surface area contributed by atoms with Gasteiger partial charge in [-0.05, 0) is 25.7 Å². The second kappa shape index (κ2) is 3.34. The Bertz CT molecular complexity index is 251. The molecule has 2 saturated carbocycles. The standard InChI is InChI=1S/C12H19NO/c14-12-8-4-1-2-6-10(8)13-11-7-3-5-9(11)12/h8-11,13H,1-7H2. The minimum absolute atomic E-state index is 0.378. The van der Waals surface area contributed by atoms with Crippen molar-refractivity contribution in [3.63, 3.8) is 0 Å². The SMILES string of the molecule is O=C1C2CCCCC2NC2CCCC12. The van der Waals surface area contributed by atoms with Crippen LogP contribution in [0, 0.1) is 11.8 Å². The predicted molar refractivity (Wildman–Crippen MR) is 55.0 cm³/mol. The summed E-state index contributed by atoms with van der Waals surface area (Å²) in [6.45, 7) is 0. The van der Waals surface area contributed by atoms with E-state index in [4.69, 9.17) is 0 Å². The monoisotopic (exact) mass is 193 g/mol. The number of hydrogen-bond donors (Lipinski definition) is 1. The molecule has 0 amide bonds. The summed E-state index contributed by atoms with van der Waals surface area (Å²) in [7, 11) is 0. The smallest absolute Gasteiger partial charge is 0.142 e. The highest BCUT2D eigenvalue weighted by Crippen LogP contribution is 2.38. The molecule has 0 aromatic rings. The first-order chi connectivity index (χ1) is 6.86. The molecule has 0 radical (unpaired) electrons. The molecule has 3 fully saturated rings. The van der Waals surface area contributed by atoms with Crippen molar-refractivity contribution in [2.24, 2.45) is 11.8 Å². The van der Waals surface area contributed by atoms with E-state index in [-0.39, 0.29) is 0 Å². The number of carbonyl (C=O) groups excluding carboxylic acids is 1. The molecule has 14 heavy (non-hydrogen) atoms. The number of hydrogen-bond acceptors (Lipinski definition) is 2. The van der Waals surface area contributed by atoms with Gasteiger partial charge in [-0.2, -0.15) is 0 Å². The molecule has 0 spiro atoms. The summed E-state index contributed by atoms with van der Waals surface area (Å²) < 4.78 is 0. The molecule has 78 valence electrons. The van der Waals surface area contributed by atoms with Crippen LogP contribution in [0.1, 0.15) is 44.9 Å². The van der Waals surface area contributed by atoms with Crippen LogP contribution in [0.25, 0.3) is 0 Å². The molecule has 0 aromatic carbocycles. The van der Waals surface area contributed by atoms with Gasteiger partial charge in [0, 0.05) is 23.9 Å². The van der Waals surface area contributed by atoms with Crippen LogP contribution in [0.4, 0.5) is 0 Å². The summed E-state index contributed by atoms with van der Waals surface area (Å²) in [6, 6.07) is 1.08. The number of nitrogens with one attached hydrogen (secondary N) is 1. The molecule has 4 atom stereocenters. The Kier molecular flexibility index (Phi) is 2.12. The van der Waals surface area contributed by atoms with Crippen molar-refractivity contribution in [3.05, 3.63) is 0 Å². The van der Waals surface area contributed by atoms with E-state index in [1.165, 1.54) is 32.1 Å². The minimum Gasteiger partial charge on any atom is -0.310 e. The summed E-state index contributed by atoms with van der Waals surface area (Å²) in [5.41, 5.74) is 0. The Morgan fingerprint density at radius 2 is 1.43 bits per heavy atom. The molecule has 1 N–H and O–H groups in total. The Morgan fingerprint density at radius 1 is 0.857 bits per heavy atom. The Morgan fingerprint density at radius 3 is 2.21 bits per heavy atom. The highest BCUT2D eigenvalue weighted by Gasteiger charge is 2.45. The molecule has 0 bridgehead atoms. The molecular weight excluding hydrogens is 174 g/mol. The zero-order valence-electron chi connectivity index (χ0n) is 8.67. The Labute approximate surface area is 85.4 Å². The number of carbonyl (C=O) groups is 1. The first-order valence-corrected chi connectivity index (χ1v) is 6.16. The third-order valence-corrected chi connectivity index (χ3v) is 4.44. The van der Waals surface area contributed by atoms with Gasteiger partial charge < -0.3 is 5.32 Å². The molecule has 4 unspecified atom stereocenters. The maximum atomic E-state index is 12.2. The van der Waals surface area contributed by atoms with E-state index < -0.39 is 0 Å². The van der Waals surface area contributed by atoms with Gasteiger partial charge in [0.1, 0.15) is 5.78 Å². The average Bonchev–Trinajstić information content (AvgIpc) is 2.66. The number of ketones is 1. The van der Waals surface area contributed by atoms with Crippen molar-refractivity contribution in [2.75, 3.05) is 0 Å². The quantitative estimate of drug-likeness (QED) is 0.636. The minimum atomic E-state index is 0.378. The van der Waals surface area contributed by atoms with E-state index in [1.807, 2.05) is 0 Å². The molecule has 2 heteroatoms. The summed E-state index contributed by atoms with van der Waals surface area (Å²) in [5.74, 6) is 1.37. The summed E-state index contributed by atoms with van der Waals surface area (Å²) >= 11 is 0. The highest BCUT2D eigenvalue weighted by atomic mass is 16.1. The molecule has 2 nitrogen and oxygen atoms in total. The van der Waals surface area contributed by atoms with Crippen LogP contribution in [0.2, 0.25) is 0 Å². The first kappa shape index (κ1) is 8.90. The fourth-order valence-corrected chi connectivity index (χ4v) is 3.72. The van der Waals surface area contributed by atoms with Gasteiger partial charge in [0.05, 0.1) is 0 Å². The van der Waals surface area contributed by atoms with Gasteiger partial charge in [-0.3, -0.25) is 4.79 Å². The van der Waals surface area contributed by atoms with Crippen molar-refractivity contribution < 1.29 is 4.79 Å². The van der Waals surface area contributed by atoms with Gasteiger partial charge in [-0.15, -0.1) is 0 Å². The first-order valence-electron chi connectivity index (χ1n) is 6.16. The summed E-state index contributed by atoms with van der Waals surface area (Å²) in [5, 5.41) is 3.73. The zero-order chi connectivity index (χ0) is 9.54. The lowest BCUT2D eigenvalue weighted by molar-refractivity contribution is -0.132. The molecule has 3 aliphatic rings. The molecule has 1 saturated heterocycles. The lowest BCUT2D eigenvalue weighted by Crippen LogP contribution is -2.56. The molecule has 3 rings (SSSR count). The third kappa shape index (κ3) is 1.23. The van der Waals surface area contributed by atoms with Crippen molar-refractivity contribution in [1.29, 1.82) is 0 Å². The van der Waals surface area contributed by atoms with Crippen LogP contribution in [0.5, 0.6) is 0 Å². The van der Waals surface area contributed by atoms with E-state index in [1.54, 1.807) is 0 Å². The van der Waals surface area contributed by atoms with Gasteiger partial charge in [0.15, 0.2) is 0 Å². The summed E-state index contributed by atoms with van der Waals surface area (Å²) in [6.07, 6.45) is 8.62. The molecule has 1 heterocycles. The molecule has 2 aliphatic carbocycles. The molecule has 1 aliphatic heterocycles. The maximum absolute atomic E-state index is 12.2. The lowest BCUT2D eigenvalue weighted by Gasteiger charge is -2.41. The number of piperidine rings is 1. The second-order valence-electron chi connectivity index (χ2n) is 5.21. The summed E-state index contributed by atoms with van der Waals surface area (Å²) in [4.78, 5) is 12.2. The van der Waals surface area contributed by atoms with Gasteiger partial charge >= 0.3 is 0 Å². The van der Waals surface area contributed by atoms with Crippen molar-refractivity contribution in [3.8, 4) is 0 Å². The number of fused-ring (bicyclic) bond motifs is 2. The zero-order valence-corrected chi connectivity index (χ0v) is 8.67. The maximum Gasteiger partial charge on any atom is 0.142 e. The van der Waals surface area contributed by atoms with Crippen LogP contribution in [0.15, 0.2) is 0 Å². The van der Waals surface area contributed by atoms with Crippen molar-refractivity contribution in [1.82, 2.24) is 5.32 Å². The average molecular weight is 193 g/mol. The van der Waals surface area contributed by atoms with Gasteiger partial charge in [0.2, 0.25) is 0 Å². The van der Waals surface area contributed by atoms with Gasteiger partial charge in [0.25, 0.3) is 0 Å². The predicted octanol–water partition coefficient (Wildman–Crippen LogP) is 1.89. The van der Waals surface area contributed by atoms with E-state index in [9.17, 15) is 4.79 Å².